The van der Waals surface area contributed by atoms with Gasteiger partial charge in [0.05, 0.1) is 28.8 Å². The van der Waals surface area contributed by atoms with Crippen LogP contribution in [-0.4, -0.2) is 34.0 Å². The molecule has 1 aliphatic heterocycles. The molecule has 200 valence electrons. The molecule has 0 saturated heterocycles. The Hall–Kier alpha value is -3.63. The highest BCUT2D eigenvalue weighted by atomic mass is 35.5. The van der Waals surface area contributed by atoms with Gasteiger partial charge in [-0.15, -0.1) is 0 Å². The minimum atomic E-state index is -4.25. The second kappa shape index (κ2) is 11.0. The highest BCUT2D eigenvalue weighted by molar-refractivity contribution is 7.92. The number of rotatable bonds is 8. The summed E-state index contributed by atoms with van der Waals surface area (Å²) in [5.74, 6) is -1.43. The van der Waals surface area contributed by atoms with Crippen LogP contribution in [0.2, 0.25) is 5.02 Å². The second-order valence-corrected chi connectivity index (χ2v) is 10.8. The number of benzene rings is 3. The monoisotopic (exact) mass is 562 g/mol. The van der Waals surface area contributed by atoms with Gasteiger partial charge in [0.15, 0.2) is 11.6 Å². The Morgan fingerprint density at radius 2 is 1.87 bits per heavy atom. The van der Waals surface area contributed by atoms with Crippen LogP contribution in [-0.2, 0) is 21.4 Å². The lowest BCUT2D eigenvalue weighted by Gasteiger charge is -2.36. The van der Waals surface area contributed by atoms with Gasteiger partial charge >= 0.3 is 0 Å². The van der Waals surface area contributed by atoms with Crippen LogP contribution in [0.3, 0.4) is 0 Å². The molecule has 0 radical (unpaired) electrons. The van der Waals surface area contributed by atoms with E-state index in [4.69, 9.17) is 21.1 Å². The topological polar surface area (TPSA) is 84.9 Å². The molecule has 0 aromatic heterocycles. The molecule has 1 heterocycles. The van der Waals surface area contributed by atoms with E-state index in [1.54, 1.807) is 31.2 Å². The molecule has 7 nitrogen and oxygen atoms in total. The molecule has 3 aromatic carbocycles. The number of amides is 1. The SMILES string of the molecule is COc1cc(S(=O)(=O)N2c3cc(OCc4c(F)cccc4Cl)ccc3C=C(CNC(C)=O)[C@H]2C)ccc1F. The van der Waals surface area contributed by atoms with Gasteiger partial charge in [-0.2, -0.15) is 0 Å². The molecule has 1 amide bonds. The summed E-state index contributed by atoms with van der Waals surface area (Å²) in [6, 6.07) is 11.7. The van der Waals surface area contributed by atoms with Gasteiger partial charge in [0.2, 0.25) is 5.91 Å². The summed E-state index contributed by atoms with van der Waals surface area (Å²) in [5, 5.41) is 2.91. The van der Waals surface area contributed by atoms with Crippen molar-refractivity contribution >= 4 is 39.3 Å². The van der Waals surface area contributed by atoms with Crippen molar-refractivity contribution in [3.63, 3.8) is 0 Å². The molecule has 0 saturated carbocycles. The van der Waals surface area contributed by atoms with Crippen molar-refractivity contribution in [2.45, 2.75) is 31.4 Å². The third-order valence-electron chi connectivity index (χ3n) is 6.13. The third-order valence-corrected chi connectivity index (χ3v) is 8.37. The number of halogens is 3. The van der Waals surface area contributed by atoms with Crippen molar-refractivity contribution in [1.29, 1.82) is 0 Å². The summed E-state index contributed by atoms with van der Waals surface area (Å²) < 4.78 is 68.1. The van der Waals surface area contributed by atoms with E-state index < -0.39 is 27.7 Å². The predicted octanol–water partition coefficient (Wildman–Crippen LogP) is 5.32. The van der Waals surface area contributed by atoms with Gasteiger partial charge in [-0.3, -0.25) is 9.10 Å². The summed E-state index contributed by atoms with van der Waals surface area (Å²) >= 11 is 6.10. The molecule has 0 spiro atoms. The number of sulfonamides is 1. The van der Waals surface area contributed by atoms with Gasteiger partial charge in [0, 0.05) is 31.2 Å². The maximum atomic E-state index is 14.2. The van der Waals surface area contributed by atoms with E-state index in [-0.39, 0.29) is 46.0 Å². The number of nitrogens with zero attached hydrogens (tertiary/aromatic N) is 1. The number of carbonyl (C=O) groups is 1. The molecule has 0 fully saturated rings. The number of anilines is 1. The van der Waals surface area contributed by atoms with E-state index in [2.05, 4.69) is 5.32 Å². The molecule has 3 aromatic rings. The van der Waals surface area contributed by atoms with Crippen LogP contribution >= 0.6 is 11.6 Å². The van der Waals surface area contributed by atoms with Crippen LogP contribution in [0, 0.1) is 11.6 Å². The van der Waals surface area contributed by atoms with Gasteiger partial charge in [0.25, 0.3) is 10.0 Å². The van der Waals surface area contributed by atoms with Gasteiger partial charge < -0.3 is 14.8 Å². The zero-order chi connectivity index (χ0) is 27.6. The van der Waals surface area contributed by atoms with Crippen molar-refractivity contribution < 1.29 is 31.5 Å². The first-order chi connectivity index (χ1) is 18.0. The smallest absolute Gasteiger partial charge is 0.265 e. The van der Waals surface area contributed by atoms with E-state index in [1.807, 2.05) is 0 Å². The Morgan fingerprint density at radius 3 is 2.55 bits per heavy atom. The van der Waals surface area contributed by atoms with E-state index in [0.29, 0.717) is 16.8 Å². The van der Waals surface area contributed by atoms with Crippen molar-refractivity contribution in [2.24, 2.45) is 0 Å². The Labute approximate surface area is 224 Å². The lowest BCUT2D eigenvalue weighted by Crippen LogP contribution is -2.44. The average molecular weight is 563 g/mol. The van der Waals surface area contributed by atoms with E-state index >= 15 is 0 Å². The fraction of sp³-hybridized carbons (Fsp3) is 0.222. The molecular weight excluding hydrogens is 538 g/mol. The van der Waals surface area contributed by atoms with E-state index in [1.165, 1.54) is 36.5 Å². The van der Waals surface area contributed by atoms with Crippen LogP contribution < -0.4 is 19.1 Å². The Balaban J connectivity index is 1.77. The fourth-order valence-electron chi connectivity index (χ4n) is 4.11. The first-order valence-corrected chi connectivity index (χ1v) is 13.4. The van der Waals surface area contributed by atoms with Crippen LogP contribution in [0.1, 0.15) is 25.0 Å². The molecule has 4 rings (SSSR count). The van der Waals surface area contributed by atoms with Crippen LogP contribution in [0.5, 0.6) is 11.5 Å². The van der Waals surface area contributed by atoms with Gasteiger partial charge in [-0.05, 0) is 60.5 Å². The zero-order valence-electron chi connectivity index (χ0n) is 20.8. The number of methoxy groups -OCH3 is 1. The van der Waals surface area contributed by atoms with Crippen molar-refractivity contribution in [2.75, 3.05) is 18.0 Å². The minimum Gasteiger partial charge on any atom is -0.494 e. The summed E-state index contributed by atoms with van der Waals surface area (Å²) in [6.45, 7) is 3.00. The minimum absolute atomic E-state index is 0.124. The van der Waals surface area contributed by atoms with E-state index in [0.717, 1.165) is 18.2 Å². The molecule has 11 heteroatoms. The normalized spacial score (nSPS) is 14.9. The number of fused-ring (bicyclic) bond motifs is 1. The number of carbonyl (C=O) groups excluding carboxylic acids is 1. The Kier molecular flexibility index (Phi) is 7.94. The number of nitrogens with one attached hydrogen (secondary N) is 1. The fourth-order valence-corrected chi connectivity index (χ4v) is 6.02. The third kappa shape index (κ3) is 5.46. The summed E-state index contributed by atoms with van der Waals surface area (Å²) in [6.07, 6.45) is 1.80. The number of ether oxygens (including phenoxy) is 2. The summed E-state index contributed by atoms with van der Waals surface area (Å²) in [4.78, 5) is 11.4. The largest absolute Gasteiger partial charge is 0.494 e. The summed E-state index contributed by atoms with van der Waals surface area (Å²) in [5.41, 5.74) is 1.65. The first kappa shape index (κ1) is 27.4. The highest BCUT2D eigenvalue weighted by Crippen LogP contribution is 2.40. The quantitative estimate of drug-likeness (QED) is 0.401. The van der Waals surface area contributed by atoms with Crippen LogP contribution in [0.15, 0.2) is 65.1 Å². The molecule has 38 heavy (non-hydrogen) atoms. The standard InChI is InChI=1S/C27H25ClF2N2O5S/c1-16-19(14-31-17(2)33)11-18-7-8-20(37-15-22-23(28)5-4-6-24(22)29)12-26(18)32(16)38(34,35)21-9-10-25(30)27(13-21)36-3/h4-13,16H,14-15H2,1-3H3,(H,31,33)/t16-/m1/s1. The number of hydrogen-bond acceptors (Lipinski definition) is 5. The average Bonchev–Trinajstić information content (AvgIpc) is 2.87. The maximum absolute atomic E-state index is 14.2. The zero-order valence-corrected chi connectivity index (χ0v) is 22.4. The second-order valence-electron chi connectivity index (χ2n) is 8.61. The Bertz CT molecular complexity index is 1510. The lowest BCUT2D eigenvalue weighted by molar-refractivity contribution is -0.118. The van der Waals surface area contributed by atoms with E-state index in [9.17, 15) is 22.0 Å². The van der Waals surface area contributed by atoms with Crippen molar-refractivity contribution in [1.82, 2.24) is 5.32 Å². The number of hydrogen-bond donors (Lipinski definition) is 1. The molecule has 0 aliphatic carbocycles. The molecule has 1 aliphatic rings. The molecule has 1 N–H and O–H groups in total. The summed E-state index contributed by atoms with van der Waals surface area (Å²) in [7, 11) is -3.00. The molecule has 0 unspecified atom stereocenters. The van der Waals surface area contributed by atoms with Gasteiger partial charge in [-0.25, -0.2) is 17.2 Å². The highest BCUT2D eigenvalue weighted by Gasteiger charge is 2.36. The van der Waals surface area contributed by atoms with Crippen molar-refractivity contribution in [3.05, 3.63) is 88.0 Å². The first-order valence-electron chi connectivity index (χ1n) is 11.6. The lowest BCUT2D eigenvalue weighted by atomic mass is 9.98. The van der Waals surface area contributed by atoms with Crippen LogP contribution in [0.4, 0.5) is 14.5 Å². The molecule has 0 bridgehead atoms. The van der Waals surface area contributed by atoms with Gasteiger partial charge in [-0.1, -0.05) is 17.7 Å². The van der Waals surface area contributed by atoms with Crippen LogP contribution in [0.25, 0.3) is 6.08 Å². The maximum Gasteiger partial charge on any atom is 0.265 e. The molecule has 1 atom stereocenters. The predicted molar refractivity (Wildman–Crippen MR) is 141 cm³/mol. The Morgan fingerprint density at radius 1 is 1.11 bits per heavy atom. The van der Waals surface area contributed by atoms with Gasteiger partial charge in [0.1, 0.15) is 18.2 Å². The molecular formula is C27H25ClF2N2O5S. The van der Waals surface area contributed by atoms with Crippen molar-refractivity contribution in [3.8, 4) is 11.5 Å².